The van der Waals surface area contributed by atoms with Gasteiger partial charge in [0.25, 0.3) is 0 Å². The number of hydrogen-bond acceptors (Lipinski definition) is 4. The van der Waals surface area contributed by atoms with E-state index < -0.39 is 0 Å². The van der Waals surface area contributed by atoms with Crippen LogP contribution in [0.4, 0.5) is 0 Å². The number of nitrogens with two attached hydrogens (primary N) is 1. The molecule has 0 aliphatic carbocycles. The summed E-state index contributed by atoms with van der Waals surface area (Å²) < 4.78 is 5.29. The summed E-state index contributed by atoms with van der Waals surface area (Å²) in [4.78, 5) is 6.63. The molecule has 3 atom stereocenters. The highest BCUT2D eigenvalue weighted by atomic mass is 16.5. The molecule has 0 saturated carbocycles. The Morgan fingerprint density at radius 1 is 1.42 bits per heavy atom. The maximum Gasteiger partial charge on any atom is 0.0615 e. The van der Waals surface area contributed by atoms with Crippen LogP contribution in [0.15, 0.2) is 24.5 Å². The van der Waals surface area contributed by atoms with Crippen molar-refractivity contribution in [1.29, 1.82) is 0 Å². The fourth-order valence-corrected chi connectivity index (χ4v) is 2.58. The maximum atomic E-state index is 6.35. The Labute approximate surface area is 117 Å². The predicted molar refractivity (Wildman–Crippen MR) is 79.0 cm³/mol. The van der Waals surface area contributed by atoms with Gasteiger partial charge in [0, 0.05) is 31.6 Å². The van der Waals surface area contributed by atoms with Crippen LogP contribution < -0.4 is 5.73 Å². The number of methoxy groups -OCH3 is 1. The van der Waals surface area contributed by atoms with E-state index in [1.165, 1.54) is 5.56 Å². The summed E-state index contributed by atoms with van der Waals surface area (Å²) in [6.07, 6.45) is 4.66. The molecule has 4 nitrogen and oxygen atoms in total. The molecule has 1 aromatic heterocycles. The molecule has 4 heteroatoms. The van der Waals surface area contributed by atoms with Gasteiger partial charge in [0.15, 0.2) is 0 Å². The highest BCUT2D eigenvalue weighted by molar-refractivity contribution is 5.16. The van der Waals surface area contributed by atoms with Gasteiger partial charge in [0.2, 0.25) is 0 Å². The number of hydrogen-bond donors (Lipinski definition) is 1. The van der Waals surface area contributed by atoms with Gasteiger partial charge in [-0.25, -0.2) is 0 Å². The SMILES string of the molecule is CCC(N)C(c1cccnc1)N(CC)C(C)COC. The topological polar surface area (TPSA) is 51.4 Å². The second-order valence-electron chi connectivity index (χ2n) is 4.94. The van der Waals surface area contributed by atoms with E-state index in [1.807, 2.05) is 12.3 Å². The van der Waals surface area contributed by atoms with E-state index in [2.05, 4.69) is 36.7 Å². The molecule has 0 aliphatic heterocycles. The average molecular weight is 265 g/mol. The number of likely N-dealkylation sites (N-methyl/N-ethyl adjacent to an activating group) is 1. The quantitative estimate of drug-likeness (QED) is 0.783. The monoisotopic (exact) mass is 265 g/mol. The van der Waals surface area contributed by atoms with Crippen LogP contribution in [0.1, 0.15) is 38.8 Å². The number of ether oxygens (including phenoxy) is 1. The number of rotatable bonds is 8. The smallest absolute Gasteiger partial charge is 0.0615 e. The summed E-state index contributed by atoms with van der Waals surface area (Å²) in [5.41, 5.74) is 7.53. The Morgan fingerprint density at radius 3 is 2.63 bits per heavy atom. The van der Waals surface area contributed by atoms with Crippen molar-refractivity contribution in [3.63, 3.8) is 0 Å². The molecule has 1 heterocycles. The third-order valence-corrected chi connectivity index (χ3v) is 3.60. The lowest BCUT2D eigenvalue weighted by Gasteiger charge is -2.38. The molecule has 0 saturated heterocycles. The van der Waals surface area contributed by atoms with Crippen LogP contribution in [-0.4, -0.2) is 42.2 Å². The van der Waals surface area contributed by atoms with Crippen LogP contribution in [-0.2, 0) is 4.74 Å². The Balaban J connectivity index is 3.01. The van der Waals surface area contributed by atoms with Crippen LogP contribution in [0.25, 0.3) is 0 Å². The summed E-state index contributed by atoms with van der Waals surface area (Å²) in [5.74, 6) is 0. The van der Waals surface area contributed by atoms with Crippen molar-refractivity contribution < 1.29 is 4.74 Å². The van der Waals surface area contributed by atoms with E-state index in [1.54, 1.807) is 13.3 Å². The molecule has 0 aromatic carbocycles. The fourth-order valence-electron chi connectivity index (χ4n) is 2.58. The Kier molecular flexibility index (Phi) is 6.99. The van der Waals surface area contributed by atoms with Crippen molar-refractivity contribution >= 4 is 0 Å². The van der Waals surface area contributed by atoms with Gasteiger partial charge in [-0.05, 0) is 31.5 Å². The Bertz CT molecular complexity index is 345. The van der Waals surface area contributed by atoms with Crippen LogP contribution >= 0.6 is 0 Å². The second-order valence-corrected chi connectivity index (χ2v) is 4.94. The first-order valence-corrected chi connectivity index (χ1v) is 7.05. The van der Waals surface area contributed by atoms with Gasteiger partial charge in [-0.2, -0.15) is 0 Å². The average Bonchev–Trinajstić information content (AvgIpc) is 2.44. The molecule has 0 amide bonds. The molecule has 0 spiro atoms. The molecule has 0 aliphatic rings. The molecule has 1 rings (SSSR count). The van der Waals surface area contributed by atoms with Crippen LogP contribution in [0, 0.1) is 0 Å². The van der Waals surface area contributed by atoms with Crippen molar-refractivity contribution in [3.8, 4) is 0 Å². The van der Waals surface area contributed by atoms with Crippen LogP contribution in [0.5, 0.6) is 0 Å². The van der Waals surface area contributed by atoms with Gasteiger partial charge in [0.05, 0.1) is 12.6 Å². The molecule has 0 bridgehead atoms. The predicted octanol–water partition coefficient (Wildman–Crippen LogP) is 2.22. The summed E-state index contributed by atoms with van der Waals surface area (Å²) in [5, 5.41) is 0. The minimum absolute atomic E-state index is 0.100. The first-order chi connectivity index (χ1) is 9.15. The van der Waals surface area contributed by atoms with Crippen molar-refractivity contribution in [2.75, 3.05) is 20.3 Å². The van der Waals surface area contributed by atoms with Crippen LogP contribution in [0.2, 0.25) is 0 Å². The molecule has 0 radical (unpaired) electrons. The van der Waals surface area contributed by atoms with Crippen molar-refractivity contribution in [3.05, 3.63) is 30.1 Å². The molecule has 19 heavy (non-hydrogen) atoms. The zero-order valence-electron chi connectivity index (χ0n) is 12.5. The van der Waals surface area contributed by atoms with Gasteiger partial charge < -0.3 is 10.5 Å². The van der Waals surface area contributed by atoms with Gasteiger partial charge in [0.1, 0.15) is 0 Å². The summed E-state index contributed by atoms with van der Waals surface area (Å²) in [6.45, 7) is 8.12. The van der Waals surface area contributed by atoms with E-state index in [0.29, 0.717) is 12.6 Å². The van der Waals surface area contributed by atoms with E-state index in [9.17, 15) is 0 Å². The first kappa shape index (κ1) is 16.1. The summed E-state index contributed by atoms with van der Waals surface area (Å²) in [6, 6.07) is 4.70. The molecule has 3 unspecified atom stereocenters. The minimum atomic E-state index is 0.100. The van der Waals surface area contributed by atoms with E-state index in [-0.39, 0.29) is 12.1 Å². The molecule has 1 aromatic rings. The molecular weight excluding hydrogens is 238 g/mol. The van der Waals surface area contributed by atoms with Gasteiger partial charge in [-0.1, -0.05) is 19.9 Å². The van der Waals surface area contributed by atoms with Crippen molar-refractivity contribution in [2.45, 2.75) is 45.3 Å². The lowest BCUT2D eigenvalue weighted by Crippen LogP contribution is -2.46. The highest BCUT2D eigenvalue weighted by Crippen LogP contribution is 2.26. The van der Waals surface area contributed by atoms with Crippen molar-refractivity contribution in [2.24, 2.45) is 5.73 Å². The van der Waals surface area contributed by atoms with E-state index in [0.717, 1.165) is 13.0 Å². The number of pyridine rings is 1. The zero-order chi connectivity index (χ0) is 14.3. The normalized spacial score (nSPS) is 16.3. The lowest BCUT2D eigenvalue weighted by atomic mass is 9.96. The minimum Gasteiger partial charge on any atom is -0.383 e. The number of nitrogens with zero attached hydrogens (tertiary/aromatic N) is 2. The standard InChI is InChI=1S/C15H27N3O/c1-5-14(16)15(13-8-7-9-17-10-13)18(6-2)12(3)11-19-4/h7-10,12,14-15H,5-6,11,16H2,1-4H3. The van der Waals surface area contributed by atoms with E-state index in [4.69, 9.17) is 10.5 Å². The lowest BCUT2D eigenvalue weighted by molar-refractivity contribution is 0.0627. The Hall–Kier alpha value is -0.970. The maximum absolute atomic E-state index is 6.35. The van der Waals surface area contributed by atoms with Gasteiger partial charge in [-0.15, -0.1) is 0 Å². The fraction of sp³-hybridized carbons (Fsp3) is 0.667. The van der Waals surface area contributed by atoms with Crippen molar-refractivity contribution in [1.82, 2.24) is 9.88 Å². The molecular formula is C15H27N3O. The Morgan fingerprint density at radius 2 is 2.16 bits per heavy atom. The van der Waals surface area contributed by atoms with E-state index >= 15 is 0 Å². The largest absolute Gasteiger partial charge is 0.383 e. The molecule has 2 N–H and O–H groups in total. The third kappa shape index (κ3) is 4.27. The summed E-state index contributed by atoms with van der Waals surface area (Å²) in [7, 11) is 1.74. The highest BCUT2D eigenvalue weighted by Gasteiger charge is 2.28. The third-order valence-electron chi connectivity index (χ3n) is 3.60. The molecule has 0 fully saturated rings. The van der Waals surface area contributed by atoms with Gasteiger partial charge >= 0.3 is 0 Å². The zero-order valence-corrected chi connectivity index (χ0v) is 12.5. The summed E-state index contributed by atoms with van der Waals surface area (Å²) >= 11 is 0. The van der Waals surface area contributed by atoms with Crippen LogP contribution in [0.3, 0.4) is 0 Å². The van der Waals surface area contributed by atoms with Gasteiger partial charge in [-0.3, -0.25) is 9.88 Å². The first-order valence-electron chi connectivity index (χ1n) is 7.05. The molecule has 108 valence electrons. The number of aromatic nitrogens is 1. The second kappa shape index (κ2) is 8.25.